The van der Waals surface area contributed by atoms with E-state index in [0.29, 0.717) is 11.4 Å². The van der Waals surface area contributed by atoms with Crippen LogP contribution >= 0.6 is 0 Å². The average molecular weight is 451 g/mol. The highest BCUT2D eigenvalue weighted by Crippen LogP contribution is 2.29. The van der Waals surface area contributed by atoms with Crippen LogP contribution in [0.25, 0.3) is 0 Å². The molecule has 0 radical (unpaired) electrons. The van der Waals surface area contributed by atoms with E-state index in [1.165, 1.54) is 23.3 Å². The number of sulfonamides is 1. The van der Waals surface area contributed by atoms with Crippen molar-refractivity contribution < 1.29 is 17.9 Å². The van der Waals surface area contributed by atoms with Crippen LogP contribution in [0.2, 0.25) is 0 Å². The number of carbonyl (C=O) groups is 1. The maximum absolute atomic E-state index is 12.6. The van der Waals surface area contributed by atoms with Gasteiger partial charge in [-0.3, -0.25) is 9.52 Å². The van der Waals surface area contributed by atoms with E-state index in [9.17, 15) is 13.2 Å². The Hall–Kier alpha value is -3.32. The Bertz CT molecular complexity index is 1190. The first kappa shape index (κ1) is 21.9. The van der Waals surface area contributed by atoms with Crippen molar-refractivity contribution in [3.8, 4) is 5.75 Å². The molecule has 4 rings (SSSR count). The molecule has 1 aliphatic rings. The number of hydrogen-bond donors (Lipinski definition) is 2. The topological polar surface area (TPSA) is 84.5 Å². The maximum atomic E-state index is 12.6. The molecule has 0 bridgehead atoms. The van der Waals surface area contributed by atoms with Crippen molar-refractivity contribution >= 4 is 21.6 Å². The van der Waals surface area contributed by atoms with Gasteiger partial charge in [0.25, 0.3) is 15.9 Å². The Morgan fingerprint density at radius 2 is 1.72 bits per heavy atom. The maximum Gasteiger partial charge on any atom is 0.261 e. The molecule has 1 atom stereocenters. The highest BCUT2D eigenvalue weighted by atomic mass is 32.2. The van der Waals surface area contributed by atoms with Crippen molar-refractivity contribution in [2.45, 2.75) is 37.1 Å². The van der Waals surface area contributed by atoms with Crippen LogP contribution in [-0.4, -0.2) is 20.9 Å². The number of carbonyl (C=O) groups excluding carboxylic acids is 1. The van der Waals surface area contributed by atoms with Gasteiger partial charge >= 0.3 is 0 Å². The smallest absolute Gasteiger partial charge is 0.261 e. The monoisotopic (exact) mass is 450 g/mol. The van der Waals surface area contributed by atoms with Gasteiger partial charge in [0.1, 0.15) is 5.75 Å². The highest BCUT2D eigenvalue weighted by Gasteiger charge is 2.21. The lowest BCUT2D eigenvalue weighted by Gasteiger charge is -2.26. The van der Waals surface area contributed by atoms with E-state index in [4.69, 9.17) is 4.74 Å². The van der Waals surface area contributed by atoms with Crippen molar-refractivity contribution in [3.05, 3.63) is 89.5 Å². The standard InChI is InChI=1S/C25H26N2O4S/c1-18-9-11-20(12-10-18)27-32(29,30)22-15-13-21(14-16-22)31-17-25(28)26-24-8-4-6-19-5-2-3-7-23(19)24/h2-3,5,7,9-16,24,27H,4,6,8,17H2,1H3,(H,26,28)/t24-/m1/s1. The van der Waals surface area contributed by atoms with Crippen LogP contribution in [0.3, 0.4) is 0 Å². The van der Waals surface area contributed by atoms with E-state index in [0.717, 1.165) is 24.8 Å². The lowest BCUT2D eigenvalue weighted by Crippen LogP contribution is -2.34. The van der Waals surface area contributed by atoms with Crippen molar-refractivity contribution in [3.63, 3.8) is 0 Å². The van der Waals surface area contributed by atoms with E-state index in [1.54, 1.807) is 24.3 Å². The normalized spacial score (nSPS) is 15.5. The molecule has 3 aromatic rings. The van der Waals surface area contributed by atoms with Gasteiger partial charge in [-0.2, -0.15) is 0 Å². The molecule has 0 saturated carbocycles. The fourth-order valence-corrected chi connectivity index (χ4v) is 4.90. The molecule has 0 aliphatic heterocycles. The van der Waals surface area contributed by atoms with Crippen LogP contribution in [0.5, 0.6) is 5.75 Å². The Morgan fingerprint density at radius 3 is 2.47 bits per heavy atom. The van der Waals surface area contributed by atoms with Crippen molar-refractivity contribution in [2.24, 2.45) is 0 Å². The summed E-state index contributed by atoms with van der Waals surface area (Å²) in [6, 6.07) is 21.3. The summed E-state index contributed by atoms with van der Waals surface area (Å²) in [6.07, 6.45) is 2.98. The molecule has 0 spiro atoms. The zero-order valence-electron chi connectivity index (χ0n) is 17.9. The van der Waals surface area contributed by atoms with Crippen LogP contribution in [-0.2, 0) is 21.2 Å². The van der Waals surface area contributed by atoms with Gasteiger partial charge in [-0.05, 0) is 73.7 Å². The van der Waals surface area contributed by atoms with Crippen LogP contribution < -0.4 is 14.8 Å². The van der Waals surface area contributed by atoms with E-state index < -0.39 is 10.0 Å². The molecule has 166 valence electrons. The average Bonchev–Trinajstić information content (AvgIpc) is 2.80. The molecule has 6 nitrogen and oxygen atoms in total. The molecule has 2 N–H and O–H groups in total. The number of rotatable bonds is 7. The third-order valence-electron chi connectivity index (χ3n) is 5.51. The van der Waals surface area contributed by atoms with Gasteiger partial charge in [-0.25, -0.2) is 8.42 Å². The summed E-state index contributed by atoms with van der Waals surface area (Å²) in [5, 5.41) is 3.04. The summed E-state index contributed by atoms with van der Waals surface area (Å²) < 4.78 is 33.3. The first-order chi connectivity index (χ1) is 15.4. The minimum atomic E-state index is -3.71. The predicted octanol–water partition coefficient (Wildman–Crippen LogP) is 4.37. The second-order valence-electron chi connectivity index (χ2n) is 7.94. The molecule has 0 aromatic heterocycles. The number of benzene rings is 3. The van der Waals surface area contributed by atoms with Gasteiger partial charge in [-0.15, -0.1) is 0 Å². The molecular weight excluding hydrogens is 424 g/mol. The number of ether oxygens (including phenoxy) is 1. The van der Waals surface area contributed by atoms with Gasteiger partial charge in [0.2, 0.25) is 0 Å². The molecule has 0 fully saturated rings. The van der Waals surface area contributed by atoms with E-state index in [2.05, 4.69) is 22.2 Å². The number of hydrogen-bond acceptors (Lipinski definition) is 4. The molecule has 7 heteroatoms. The molecule has 1 aliphatic carbocycles. The Labute approximate surface area is 188 Å². The van der Waals surface area contributed by atoms with Gasteiger partial charge < -0.3 is 10.1 Å². The minimum absolute atomic E-state index is 0.00332. The largest absolute Gasteiger partial charge is 0.484 e. The lowest BCUT2D eigenvalue weighted by atomic mass is 9.88. The summed E-state index contributed by atoms with van der Waals surface area (Å²) in [5.41, 5.74) is 3.99. The first-order valence-corrected chi connectivity index (χ1v) is 12.1. The first-order valence-electron chi connectivity index (χ1n) is 10.6. The second kappa shape index (κ2) is 9.44. The molecule has 1 amide bonds. The van der Waals surface area contributed by atoms with Gasteiger partial charge in [0.05, 0.1) is 10.9 Å². The third kappa shape index (κ3) is 5.29. The lowest BCUT2D eigenvalue weighted by molar-refractivity contribution is -0.124. The Balaban J connectivity index is 1.33. The van der Waals surface area contributed by atoms with E-state index in [-0.39, 0.29) is 23.5 Å². The van der Waals surface area contributed by atoms with Gasteiger partial charge in [0.15, 0.2) is 6.61 Å². The fourth-order valence-electron chi connectivity index (χ4n) is 3.84. The number of nitrogens with one attached hydrogen (secondary N) is 2. The summed E-state index contributed by atoms with van der Waals surface area (Å²) in [6.45, 7) is 1.80. The van der Waals surface area contributed by atoms with Crippen LogP contribution in [0.4, 0.5) is 5.69 Å². The number of aryl methyl sites for hydroxylation is 2. The van der Waals surface area contributed by atoms with E-state index in [1.807, 2.05) is 31.2 Å². The van der Waals surface area contributed by atoms with Crippen molar-refractivity contribution in [2.75, 3.05) is 11.3 Å². The SMILES string of the molecule is Cc1ccc(NS(=O)(=O)c2ccc(OCC(=O)N[C@@H]3CCCc4ccccc43)cc2)cc1. The summed E-state index contributed by atoms with van der Waals surface area (Å²) >= 11 is 0. The zero-order valence-corrected chi connectivity index (χ0v) is 18.7. The number of amides is 1. The summed E-state index contributed by atoms with van der Waals surface area (Å²) in [7, 11) is -3.71. The second-order valence-corrected chi connectivity index (χ2v) is 9.63. The molecule has 0 saturated heterocycles. The van der Waals surface area contributed by atoms with Crippen LogP contribution in [0.15, 0.2) is 77.7 Å². The van der Waals surface area contributed by atoms with Gasteiger partial charge in [0, 0.05) is 5.69 Å². The Morgan fingerprint density at radius 1 is 1.00 bits per heavy atom. The van der Waals surface area contributed by atoms with Crippen LogP contribution in [0, 0.1) is 6.92 Å². The molecule has 32 heavy (non-hydrogen) atoms. The predicted molar refractivity (Wildman–Crippen MR) is 124 cm³/mol. The number of anilines is 1. The van der Waals surface area contributed by atoms with Crippen molar-refractivity contribution in [1.29, 1.82) is 0 Å². The molecule has 0 heterocycles. The minimum Gasteiger partial charge on any atom is -0.484 e. The van der Waals surface area contributed by atoms with Gasteiger partial charge in [-0.1, -0.05) is 42.0 Å². The van der Waals surface area contributed by atoms with Crippen molar-refractivity contribution in [1.82, 2.24) is 5.32 Å². The molecule has 0 unspecified atom stereocenters. The summed E-state index contributed by atoms with van der Waals surface area (Å²) in [4.78, 5) is 12.5. The van der Waals surface area contributed by atoms with E-state index >= 15 is 0 Å². The molecule has 3 aromatic carbocycles. The third-order valence-corrected chi connectivity index (χ3v) is 6.91. The Kier molecular flexibility index (Phi) is 6.46. The number of fused-ring (bicyclic) bond motifs is 1. The highest BCUT2D eigenvalue weighted by molar-refractivity contribution is 7.92. The fraction of sp³-hybridized carbons (Fsp3) is 0.240. The van der Waals surface area contributed by atoms with Crippen LogP contribution in [0.1, 0.15) is 35.6 Å². The molecular formula is C25H26N2O4S. The quantitative estimate of drug-likeness (QED) is 0.560. The summed E-state index contributed by atoms with van der Waals surface area (Å²) in [5.74, 6) is 0.225. The zero-order chi connectivity index (χ0) is 22.6.